The normalized spacial score (nSPS) is 16.4. The Morgan fingerprint density at radius 2 is 2.07 bits per heavy atom. The molecule has 3 heterocycles. The molecular weight excluding hydrogens is 388 g/mol. The average molecular weight is 405 g/mol. The zero-order valence-electron chi connectivity index (χ0n) is 14.3. The van der Waals surface area contributed by atoms with Gasteiger partial charge in [-0.15, -0.1) is 6.58 Å². The number of fused-ring (bicyclic) bond motifs is 3. The van der Waals surface area contributed by atoms with Gasteiger partial charge < -0.3 is 9.97 Å². The van der Waals surface area contributed by atoms with Crippen molar-refractivity contribution in [2.45, 2.75) is 13.1 Å². The summed E-state index contributed by atoms with van der Waals surface area (Å²) in [6.45, 7) is 4.14. The lowest BCUT2D eigenvalue weighted by Gasteiger charge is -2.37. The lowest BCUT2D eigenvalue weighted by molar-refractivity contribution is 0.392. The van der Waals surface area contributed by atoms with Crippen LogP contribution in [0, 0.1) is 0 Å². The van der Waals surface area contributed by atoms with Crippen molar-refractivity contribution in [3.8, 4) is 0 Å². The average Bonchev–Trinajstić information content (AvgIpc) is 3.11. The Bertz CT molecular complexity index is 1180. The van der Waals surface area contributed by atoms with Gasteiger partial charge in [-0.2, -0.15) is 12.7 Å². The van der Waals surface area contributed by atoms with Gasteiger partial charge in [0.05, 0.1) is 22.8 Å². The van der Waals surface area contributed by atoms with Gasteiger partial charge in [0.25, 0.3) is 0 Å². The van der Waals surface area contributed by atoms with E-state index in [9.17, 15) is 13.2 Å². The lowest BCUT2D eigenvalue weighted by Crippen LogP contribution is -2.47. The molecule has 0 fully saturated rings. The Morgan fingerprint density at radius 1 is 1.26 bits per heavy atom. The van der Waals surface area contributed by atoms with Crippen LogP contribution in [-0.2, 0) is 23.3 Å². The topological polar surface area (TPSA) is 89.3 Å². The van der Waals surface area contributed by atoms with Crippen molar-refractivity contribution in [2.75, 3.05) is 10.8 Å². The molecule has 2 aromatic heterocycles. The van der Waals surface area contributed by atoms with E-state index >= 15 is 0 Å². The highest BCUT2D eigenvalue weighted by molar-refractivity contribution is 7.90. The van der Waals surface area contributed by atoms with E-state index < -0.39 is 10.2 Å². The molecule has 0 unspecified atom stereocenters. The number of nitrogens with zero attached hydrogens (tertiary/aromatic N) is 2. The van der Waals surface area contributed by atoms with Crippen LogP contribution in [-0.4, -0.2) is 29.2 Å². The second-order valence-electron chi connectivity index (χ2n) is 6.29. The summed E-state index contributed by atoms with van der Waals surface area (Å²) in [7, 11) is -3.79. The Hall–Kier alpha value is -2.55. The number of pyridine rings is 1. The van der Waals surface area contributed by atoms with E-state index in [1.165, 1.54) is 20.9 Å². The highest BCUT2D eigenvalue weighted by Gasteiger charge is 2.37. The van der Waals surface area contributed by atoms with Crippen LogP contribution in [0.4, 0.5) is 5.69 Å². The van der Waals surface area contributed by atoms with Crippen molar-refractivity contribution < 1.29 is 8.42 Å². The molecule has 1 aliphatic rings. The summed E-state index contributed by atoms with van der Waals surface area (Å²) in [5, 5.41) is 1.33. The van der Waals surface area contributed by atoms with Crippen LogP contribution in [0.15, 0.2) is 54.1 Å². The molecule has 27 heavy (non-hydrogen) atoms. The number of hydrogen-bond donors (Lipinski definition) is 2. The molecule has 0 radical (unpaired) electrons. The van der Waals surface area contributed by atoms with Gasteiger partial charge in [0.2, 0.25) is 5.56 Å². The summed E-state index contributed by atoms with van der Waals surface area (Å²) >= 11 is 6.39. The Balaban J connectivity index is 1.85. The predicted octanol–water partition coefficient (Wildman–Crippen LogP) is 2.76. The number of aromatic nitrogens is 2. The van der Waals surface area contributed by atoms with E-state index in [1.807, 2.05) is 6.07 Å². The first-order chi connectivity index (χ1) is 12.9. The van der Waals surface area contributed by atoms with Crippen molar-refractivity contribution in [3.05, 3.63) is 75.8 Å². The molecule has 0 amide bonds. The molecule has 1 aliphatic heterocycles. The SMILES string of the molecule is C=CCN1c2c(cc(Cl)c3cc[nH]c23)CN(Cc2ccc(=O)[nH]c2)S1(=O)=O. The zero-order chi connectivity index (χ0) is 19.2. The monoisotopic (exact) mass is 404 g/mol. The van der Waals surface area contributed by atoms with Crippen molar-refractivity contribution in [2.24, 2.45) is 0 Å². The zero-order valence-corrected chi connectivity index (χ0v) is 15.8. The van der Waals surface area contributed by atoms with E-state index in [-0.39, 0.29) is 25.2 Å². The van der Waals surface area contributed by atoms with Crippen LogP contribution in [0.2, 0.25) is 5.02 Å². The second-order valence-corrected chi connectivity index (χ2v) is 8.55. The molecule has 0 atom stereocenters. The van der Waals surface area contributed by atoms with E-state index in [2.05, 4.69) is 16.5 Å². The molecule has 3 aromatic rings. The molecule has 7 nitrogen and oxygen atoms in total. The lowest BCUT2D eigenvalue weighted by atomic mass is 10.1. The van der Waals surface area contributed by atoms with Crippen LogP contribution in [0.25, 0.3) is 10.9 Å². The van der Waals surface area contributed by atoms with Gasteiger partial charge >= 0.3 is 10.2 Å². The molecule has 0 bridgehead atoms. The minimum Gasteiger partial charge on any atom is -0.359 e. The minimum absolute atomic E-state index is 0.132. The first-order valence-electron chi connectivity index (χ1n) is 8.26. The van der Waals surface area contributed by atoms with Crippen LogP contribution in [0.3, 0.4) is 0 Å². The number of H-pyrrole nitrogens is 2. The van der Waals surface area contributed by atoms with Crippen molar-refractivity contribution in [1.82, 2.24) is 14.3 Å². The third kappa shape index (κ3) is 2.95. The first-order valence-corrected chi connectivity index (χ1v) is 10.0. The molecule has 9 heteroatoms. The molecule has 4 rings (SSSR count). The van der Waals surface area contributed by atoms with Gasteiger partial charge in [-0.1, -0.05) is 23.7 Å². The van der Waals surface area contributed by atoms with Crippen LogP contribution in [0.1, 0.15) is 11.1 Å². The predicted molar refractivity (Wildman–Crippen MR) is 106 cm³/mol. The van der Waals surface area contributed by atoms with Gasteiger partial charge in [0.15, 0.2) is 0 Å². The third-order valence-electron chi connectivity index (χ3n) is 4.55. The fraction of sp³-hybridized carbons (Fsp3) is 0.167. The minimum atomic E-state index is -3.79. The molecule has 0 saturated carbocycles. The Labute approximate surface area is 161 Å². The second kappa shape index (κ2) is 6.56. The summed E-state index contributed by atoms with van der Waals surface area (Å²) < 4.78 is 29.2. The number of nitrogens with one attached hydrogen (secondary N) is 2. The third-order valence-corrected chi connectivity index (χ3v) is 6.66. The van der Waals surface area contributed by atoms with Crippen LogP contribution < -0.4 is 9.86 Å². The van der Waals surface area contributed by atoms with Crippen LogP contribution in [0.5, 0.6) is 0 Å². The number of rotatable bonds is 4. The van der Waals surface area contributed by atoms with Gasteiger partial charge in [-0.05, 0) is 23.3 Å². The quantitative estimate of drug-likeness (QED) is 0.655. The molecule has 0 aliphatic carbocycles. The van der Waals surface area contributed by atoms with Gasteiger partial charge in [-0.25, -0.2) is 0 Å². The fourth-order valence-electron chi connectivity index (χ4n) is 3.34. The number of halogens is 1. The maximum Gasteiger partial charge on any atom is 0.305 e. The summed E-state index contributed by atoms with van der Waals surface area (Å²) in [5.74, 6) is 0. The standard InChI is InChI=1S/C18H17ClN4O3S/c1-2-7-23-18-13(8-15(19)14-5-6-20-17(14)18)11-22(27(23,25)26)10-12-3-4-16(24)21-9-12/h2-6,8-9,20H,1,7,10-11H2,(H,21,24). The molecule has 0 spiro atoms. The maximum absolute atomic E-state index is 13.3. The van der Waals surface area contributed by atoms with Gasteiger partial charge in [0, 0.05) is 36.9 Å². The summed E-state index contributed by atoms with van der Waals surface area (Å²) in [6.07, 6.45) is 4.81. The number of aromatic amines is 2. The number of anilines is 1. The van der Waals surface area contributed by atoms with E-state index in [4.69, 9.17) is 11.6 Å². The summed E-state index contributed by atoms with van der Waals surface area (Å²) in [4.78, 5) is 16.9. The smallest absolute Gasteiger partial charge is 0.305 e. The number of benzene rings is 1. The van der Waals surface area contributed by atoms with Crippen molar-refractivity contribution in [1.29, 1.82) is 0 Å². The van der Waals surface area contributed by atoms with Gasteiger partial charge in [-0.3, -0.25) is 9.10 Å². The molecule has 140 valence electrons. The summed E-state index contributed by atoms with van der Waals surface area (Å²) in [6, 6.07) is 6.62. The van der Waals surface area contributed by atoms with Crippen molar-refractivity contribution >= 4 is 38.4 Å². The summed E-state index contributed by atoms with van der Waals surface area (Å²) in [5.41, 5.74) is 2.53. The molecule has 0 saturated heterocycles. The van der Waals surface area contributed by atoms with Crippen LogP contribution >= 0.6 is 11.6 Å². The maximum atomic E-state index is 13.3. The molecule has 1 aromatic carbocycles. The fourth-order valence-corrected chi connectivity index (χ4v) is 5.26. The Morgan fingerprint density at radius 3 is 2.78 bits per heavy atom. The highest BCUT2D eigenvalue weighted by atomic mass is 35.5. The first kappa shape index (κ1) is 17.8. The van der Waals surface area contributed by atoms with Gasteiger partial charge in [0.1, 0.15) is 0 Å². The van der Waals surface area contributed by atoms with Crippen molar-refractivity contribution in [3.63, 3.8) is 0 Å². The largest absolute Gasteiger partial charge is 0.359 e. The molecular formula is C18H17ClN4O3S. The Kier molecular flexibility index (Phi) is 4.33. The molecule has 2 N–H and O–H groups in total. The number of hydrogen-bond acceptors (Lipinski definition) is 3. The van der Waals surface area contributed by atoms with E-state index in [1.54, 1.807) is 24.4 Å². The highest BCUT2D eigenvalue weighted by Crippen LogP contribution is 2.41. The van der Waals surface area contributed by atoms with E-state index in [0.717, 1.165) is 10.9 Å². The van der Waals surface area contributed by atoms with E-state index in [0.29, 0.717) is 21.8 Å².